The number of rotatable bonds is 8. The first-order valence-corrected chi connectivity index (χ1v) is 9.49. The van der Waals surface area contributed by atoms with E-state index in [4.69, 9.17) is 14.2 Å². The van der Waals surface area contributed by atoms with E-state index in [0.717, 1.165) is 12.8 Å². The van der Waals surface area contributed by atoms with Crippen LogP contribution in [0, 0.1) is 0 Å². The van der Waals surface area contributed by atoms with Crippen LogP contribution in [0.5, 0.6) is 11.5 Å². The highest BCUT2D eigenvalue weighted by Gasteiger charge is 2.24. The molecule has 1 saturated heterocycles. The lowest BCUT2D eigenvalue weighted by Gasteiger charge is -2.17. The lowest BCUT2D eigenvalue weighted by molar-refractivity contribution is -0.122. The Bertz CT molecular complexity index is 701. The van der Waals surface area contributed by atoms with Gasteiger partial charge in [0, 0.05) is 19.2 Å². The van der Waals surface area contributed by atoms with E-state index in [0.29, 0.717) is 24.7 Å². The van der Waals surface area contributed by atoms with Crippen molar-refractivity contribution in [2.75, 3.05) is 27.4 Å². The molecule has 0 aliphatic carbocycles. The molecule has 1 heterocycles. The molecule has 2 N–H and O–H groups in total. The smallest absolute Gasteiger partial charge is 0.241 e. The number of amides is 1. The summed E-state index contributed by atoms with van der Waals surface area (Å²) in [5.74, 6) is 0.309. The van der Waals surface area contributed by atoms with Crippen molar-refractivity contribution in [3.05, 3.63) is 18.2 Å². The van der Waals surface area contributed by atoms with Crippen LogP contribution in [-0.4, -0.2) is 53.8 Å². The summed E-state index contributed by atoms with van der Waals surface area (Å²) in [6, 6.07) is 3.31. The highest BCUT2D eigenvalue weighted by molar-refractivity contribution is 7.89. The Kier molecular flexibility index (Phi) is 6.63. The quantitative estimate of drug-likeness (QED) is 0.695. The monoisotopic (exact) mass is 372 g/mol. The van der Waals surface area contributed by atoms with Gasteiger partial charge in [0.05, 0.1) is 31.3 Å². The van der Waals surface area contributed by atoms with Crippen LogP contribution in [0.2, 0.25) is 0 Å². The summed E-state index contributed by atoms with van der Waals surface area (Å²) in [4.78, 5) is 12.1. The van der Waals surface area contributed by atoms with Crippen LogP contribution < -0.4 is 19.5 Å². The molecule has 0 unspecified atom stereocenters. The number of carbonyl (C=O) groups excluding carboxylic acids is 1. The van der Waals surface area contributed by atoms with Gasteiger partial charge in [-0.15, -0.1) is 0 Å². The molecule has 1 aliphatic rings. The second-order valence-corrected chi connectivity index (χ2v) is 7.45. The van der Waals surface area contributed by atoms with Crippen molar-refractivity contribution in [2.45, 2.75) is 36.8 Å². The van der Waals surface area contributed by atoms with Gasteiger partial charge in [0.25, 0.3) is 0 Å². The molecule has 1 aliphatic heterocycles. The zero-order valence-electron chi connectivity index (χ0n) is 14.6. The number of sulfonamides is 1. The van der Waals surface area contributed by atoms with Crippen molar-refractivity contribution >= 4 is 15.9 Å². The third-order valence-electron chi connectivity index (χ3n) is 3.92. The predicted molar refractivity (Wildman–Crippen MR) is 91.3 cm³/mol. The van der Waals surface area contributed by atoms with Crippen molar-refractivity contribution in [3.63, 3.8) is 0 Å². The van der Waals surface area contributed by atoms with E-state index in [-0.39, 0.29) is 11.0 Å². The first-order chi connectivity index (χ1) is 11.9. The Labute approximate surface area is 147 Å². The fourth-order valence-corrected chi connectivity index (χ4v) is 3.73. The maximum atomic E-state index is 12.5. The second kappa shape index (κ2) is 8.50. The van der Waals surface area contributed by atoms with E-state index < -0.39 is 22.0 Å². The molecule has 2 rings (SSSR count). The fourth-order valence-electron chi connectivity index (χ4n) is 2.51. The summed E-state index contributed by atoms with van der Waals surface area (Å²) in [6.45, 7) is 2.56. The lowest BCUT2D eigenvalue weighted by atomic mass is 10.2. The molecule has 9 heteroatoms. The fraction of sp³-hybridized carbons (Fsp3) is 0.562. The van der Waals surface area contributed by atoms with Crippen LogP contribution in [0.25, 0.3) is 0 Å². The number of benzene rings is 1. The molecule has 0 saturated carbocycles. The third-order valence-corrected chi connectivity index (χ3v) is 5.46. The zero-order valence-corrected chi connectivity index (χ0v) is 15.4. The van der Waals surface area contributed by atoms with Gasteiger partial charge < -0.3 is 19.5 Å². The minimum atomic E-state index is -3.88. The molecule has 0 spiro atoms. The molecule has 8 nitrogen and oxygen atoms in total. The van der Waals surface area contributed by atoms with Crippen LogP contribution in [0.1, 0.15) is 19.8 Å². The van der Waals surface area contributed by atoms with Crippen molar-refractivity contribution < 1.29 is 27.4 Å². The van der Waals surface area contributed by atoms with Crippen LogP contribution in [0.3, 0.4) is 0 Å². The molecular weight excluding hydrogens is 348 g/mol. The molecular formula is C16H24N2O6S. The highest BCUT2D eigenvalue weighted by Crippen LogP contribution is 2.29. The van der Waals surface area contributed by atoms with Crippen LogP contribution in [0.4, 0.5) is 0 Å². The summed E-state index contributed by atoms with van der Waals surface area (Å²) in [7, 11) is -0.995. The van der Waals surface area contributed by atoms with Gasteiger partial charge >= 0.3 is 0 Å². The maximum absolute atomic E-state index is 12.5. The Balaban J connectivity index is 2.00. The van der Waals surface area contributed by atoms with Gasteiger partial charge in [-0.3, -0.25) is 4.79 Å². The molecule has 1 amide bonds. The summed E-state index contributed by atoms with van der Waals surface area (Å²) in [5.41, 5.74) is 0. The van der Waals surface area contributed by atoms with Crippen LogP contribution in [0.15, 0.2) is 23.1 Å². The van der Waals surface area contributed by atoms with Crippen molar-refractivity contribution in [1.29, 1.82) is 0 Å². The average molecular weight is 372 g/mol. The Morgan fingerprint density at radius 2 is 2.04 bits per heavy atom. The number of methoxy groups -OCH3 is 2. The molecule has 0 aromatic heterocycles. The minimum Gasteiger partial charge on any atom is -0.493 e. The lowest BCUT2D eigenvalue weighted by Crippen LogP contribution is -2.46. The Hall–Kier alpha value is -1.84. The summed E-state index contributed by atoms with van der Waals surface area (Å²) < 4.78 is 42.9. The number of carbonyl (C=O) groups is 1. The SMILES string of the molecule is COc1ccc(S(=O)(=O)N[C@@H](C)C(=O)NC[C@H]2CCCO2)cc1OC. The largest absolute Gasteiger partial charge is 0.493 e. The zero-order chi connectivity index (χ0) is 18.4. The van der Waals surface area contributed by atoms with E-state index in [1.807, 2.05) is 0 Å². The molecule has 1 aromatic rings. The molecule has 1 fully saturated rings. The predicted octanol–water partition coefficient (Wildman–Crippen LogP) is 0.666. The van der Waals surface area contributed by atoms with Gasteiger partial charge in [0.15, 0.2) is 11.5 Å². The van der Waals surface area contributed by atoms with Gasteiger partial charge in [0.1, 0.15) is 0 Å². The third kappa shape index (κ3) is 5.07. The minimum absolute atomic E-state index is 0.00129. The van der Waals surface area contributed by atoms with Crippen molar-refractivity contribution in [2.24, 2.45) is 0 Å². The number of hydrogen-bond acceptors (Lipinski definition) is 6. The standard InChI is InChI=1S/C16H24N2O6S/c1-11(16(19)17-10-12-5-4-8-24-12)18-25(20,21)13-6-7-14(22-2)15(9-13)23-3/h6-7,9,11-12,18H,4-5,8,10H2,1-3H3,(H,17,19)/t11-,12+/m0/s1. The Morgan fingerprint density at radius 3 is 2.64 bits per heavy atom. The molecule has 0 bridgehead atoms. The molecule has 25 heavy (non-hydrogen) atoms. The first kappa shape index (κ1) is 19.5. The van der Waals surface area contributed by atoms with E-state index in [1.165, 1.54) is 39.3 Å². The number of ether oxygens (including phenoxy) is 3. The van der Waals surface area contributed by atoms with Crippen LogP contribution in [-0.2, 0) is 19.6 Å². The summed E-state index contributed by atoms with van der Waals surface area (Å²) >= 11 is 0. The van der Waals surface area contributed by atoms with Crippen molar-refractivity contribution in [1.82, 2.24) is 10.0 Å². The van der Waals surface area contributed by atoms with Gasteiger partial charge in [-0.05, 0) is 31.9 Å². The Morgan fingerprint density at radius 1 is 1.32 bits per heavy atom. The normalized spacial score (nSPS) is 18.6. The van der Waals surface area contributed by atoms with E-state index in [2.05, 4.69) is 10.0 Å². The summed E-state index contributed by atoms with van der Waals surface area (Å²) in [6.07, 6.45) is 1.87. The highest BCUT2D eigenvalue weighted by atomic mass is 32.2. The van der Waals surface area contributed by atoms with Crippen molar-refractivity contribution in [3.8, 4) is 11.5 Å². The molecule has 1 aromatic carbocycles. The van der Waals surface area contributed by atoms with Crippen LogP contribution >= 0.6 is 0 Å². The summed E-state index contributed by atoms with van der Waals surface area (Å²) in [5, 5.41) is 2.70. The van der Waals surface area contributed by atoms with Gasteiger partial charge in [-0.1, -0.05) is 0 Å². The number of nitrogens with one attached hydrogen (secondary N) is 2. The molecule has 2 atom stereocenters. The van der Waals surface area contributed by atoms with Gasteiger partial charge in [-0.25, -0.2) is 8.42 Å². The molecule has 0 radical (unpaired) electrons. The second-order valence-electron chi connectivity index (χ2n) is 5.74. The first-order valence-electron chi connectivity index (χ1n) is 8.01. The molecule has 140 valence electrons. The van der Waals surface area contributed by atoms with E-state index in [1.54, 1.807) is 0 Å². The number of hydrogen-bond donors (Lipinski definition) is 2. The van der Waals surface area contributed by atoms with Gasteiger partial charge in [0.2, 0.25) is 15.9 Å². The van der Waals surface area contributed by atoms with Gasteiger partial charge in [-0.2, -0.15) is 4.72 Å². The maximum Gasteiger partial charge on any atom is 0.241 e. The van der Waals surface area contributed by atoms with E-state index >= 15 is 0 Å². The van der Waals surface area contributed by atoms with E-state index in [9.17, 15) is 13.2 Å². The topological polar surface area (TPSA) is 103 Å². The average Bonchev–Trinajstić information content (AvgIpc) is 3.12.